The van der Waals surface area contributed by atoms with Gasteiger partial charge in [0.1, 0.15) is 0 Å². The van der Waals surface area contributed by atoms with Crippen molar-refractivity contribution in [1.82, 2.24) is 5.32 Å². The summed E-state index contributed by atoms with van der Waals surface area (Å²) in [4.78, 5) is 14.6. The van der Waals surface area contributed by atoms with Gasteiger partial charge in [0.25, 0.3) is 0 Å². The number of hydrogen-bond donors (Lipinski definition) is 2. The van der Waals surface area contributed by atoms with Crippen molar-refractivity contribution in [3.63, 3.8) is 0 Å². The Morgan fingerprint density at radius 1 is 1.19 bits per heavy atom. The smallest absolute Gasteiger partial charge is 0.226 e. The largest absolute Gasteiger partial charge is 0.378 e. The van der Waals surface area contributed by atoms with Crippen LogP contribution in [0.5, 0.6) is 0 Å². The van der Waals surface area contributed by atoms with Gasteiger partial charge in [0.15, 0.2) is 0 Å². The molecule has 0 spiro atoms. The Balaban J connectivity index is 1.31. The van der Waals surface area contributed by atoms with Gasteiger partial charge in [0.05, 0.1) is 13.2 Å². The Bertz CT molecular complexity index is 754. The molecule has 1 atom stereocenters. The molecule has 1 amide bonds. The Morgan fingerprint density at radius 2 is 2.04 bits per heavy atom. The van der Waals surface area contributed by atoms with E-state index in [1.165, 1.54) is 16.8 Å². The van der Waals surface area contributed by atoms with Crippen molar-refractivity contribution in [3.05, 3.63) is 59.7 Å². The molecule has 2 aliphatic rings. The minimum atomic E-state index is 0.0224. The van der Waals surface area contributed by atoms with E-state index < -0.39 is 0 Å². The molecule has 0 saturated carbocycles. The van der Waals surface area contributed by atoms with E-state index in [2.05, 4.69) is 51.9 Å². The monoisotopic (exact) mass is 351 g/mol. The molecule has 2 heterocycles. The molecule has 2 aliphatic heterocycles. The SMILES string of the molecule is O=C(CC1COCCN1)Nc1ccc(CN2CCc3ccccc32)cc1. The number of fused-ring (bicyclic) bond motifs is 1. The van der Waals surface area contributed by atoms with Crippen LogP contribution in [0.3, 0.4) is 0 Å². The van der Waals surface area contributed by atoms with Gasteiger partial charge in [0.2, 0.25) is 5.91 Å². The van der Waals surface area contributed by atoms with E-state index in [0.717, 1.165) is 38.3 Å². The van der Waals surface area contributed by atoms with Crippen LogP contribution in [-0.2, 0) is 22.5 Å². The van der Waals surface area contributed by atoms with Gasteiger partial charge in [-0.2, -0.15) is 0 Å². The zero-order valence-corrected chi connectivity index (χ0v) is 14.9. The van der Waals surface area contributed by atoms with Crippen molar-refractivity contribution in [2.75, 3.05) is 36.5 Å². The molecule has 5 heteroatoms. The molecular formula is C21H25N3O2. The van der Waals surface area contributed by atoms with Gasteiger partial charge >= 0.3 is 0 Å². The zero-order chi connectivity index (χ0) is 17.8. The lowest BCUT2D eigenvalue weighted by molar-refractivity contribution is -0.117. The summed E-state index contributed by atoms with van der Waals surface area (Å²) in [7, 11) is 0. The van der Waals surface area contributed by atoms with Gasteiger partial charge in [-0.05, 0) is 35.7 Å². The second-order valence-corrected chi connectivity index (χ2v) is 6.98. The summed E-state index contributed by atoms with van der Waals surface area (Å²) in [6.07, 6.45) is 1.55. The molecule has 4 rings (SSSR count). The first kappa shape index (κ1) is 17.1. The molecule has 26 heavy (non-hydrogen) atoms. The molecule has 1 saturated heterocycles. The Kier molecular flexibility index (Phi) is 5.18. The number of hydrogen-bond acceptors (Lipinski definition) is 4. The van der Waals surface area contributed by atoms with Gasteiger partial charge < -0.3 is 20.3 Å². The van der Waals surface area contributed by atoms with Crippen molar-refractivity contribution >= 4 is 17.3 Å². The second kappa shape index (κ2) is 7.89. The summed E-state index contributed by atoms with van der Waals surface area (Å²) in [6, 6.07) is 16.9. The highest BCUT2D eigenvalue weighted by atomic mass is 16.5. The Morgan fingerprint density at radius 3 is 2.85 bits per heavy atom. The zero-order valence-electron chi connectivity index (χ0n) is 14.9. The first-order chi connectivity index (χ1) is 12.8. The van der Waals surface area contributed by atoms with Crippen LogP contribution in [0, 0.1) is 0 Å². The molecule has 2 aromatic carbocycles. The number of para-hydroxylation sites is 1. The molecule has 0 aromatic heterocycles. The third-order valence-electron chi connectivity index (χ3n) is 5.02. The van der Waals surface area contributed by atoms with Gasteiger partial charge in [-0.3, -0.25) is 4.79 Å². The fourth-order valence-electron chi connectivity index (χ4n) is 3.67. The average molecular weight is 351 g/mol. The van der Waals surface area contributed by atoms with E-state index >= 15 is 0 Å². The summed E-state index contributed by atoms with van der Waals surface area (Å²) in [5, 5.41) is 6.28. The van der Waals surface area contributed by atoms with Crippen LogP contribution in [0.1, 0.15) is 17.5 Å². The van der Waals surface area contributed by atoms with Crippen molar-refractivity contribution in [2.24, 2.45) is 0 Å². The van der Waals surface area contributed by atoms with Crippen LogP contribution in [0.15, 0.2) is 48.5 Å². The molecule has 1 unspecified atom stereocenters. The van der Waals surface area contributed by atoms with Crippen LogP contribution in [0.25, 0.3) is 0 Å². The second-order valence-electron chi connectivity index (χ2n) is 6.98. The molecule has 0 bridgehead atoms. The molecule has 5 nitrogen and oxygen atoms in total. The average Bonchev–Trinajstić information content (AvgIpc) is 3.07. The number of rotatable bonds is 5. The summed E-state index contributed by atoms with van der Waals surface area (Å²) in [6.45, 7) is 4.10. The first-order valence-electron chi connectivity index (χ1n) is 9.31. The van der Waals surface area contributed by atoms with Crippen LogP contribution in [0.2, 0.25) is 0 Å². The number of carbonyl (C=O) groups excluding carboxylic acids is 1. The van der Waals surface area contributed by atoms with Crippen molar-refractivity contribution in [2.45, 2.75) is 25.4 Å². The summed E-state index contributed by atoms with van der Waals surface area (Å²) < 4.78 is 5.39. The molecule has 0 aliphatic carbocycles. The fraction of sp³-hybridized carbons (Fsp3) is 0.381. The third-order valence-corrected chi connectivity index (χ3v) is 5.02. The lowest BCUT2D eigenvalue weighted by Gasteiger charge is -2.23. The fourth-order valence-corrected chi connectivity index (χ4v) is 3.67. The molecule has 2 N–H and O–H groups in total. The lowest BCUT2D eigenvalue weighted by Crippen LogP contribution is -2.43. The topological polar surface area (TPSA) is 53.6 Å². The molecular weight excluding hydrogens is 326 g/mol. The van der Waals surface area contributed by atoms with Gasteiger partial charge in [0, 0.05) is 43.5 Å². The van der Waals surface area contributed by atoms with Gasteiger partial charge in [-0.15, -0.1) is 0 Å². The molecule has 136 valence electrons. The number of morpholine rings is 1. The van der Waals surface area contributed by atoms with E-state index in [1.807, 2.05) is 12.1 Å². The Labute approximate surface area is 154 Å². The maximum atomic E-state index is 12.2. The van der Waals surface area contributed by atoms with Crippen LogP contribution in [-0.4, -0.2) is 38.3 Å². The van der Waals surface area contributed by atoms with E-state index in [9.17, 15) is 4.79 Å². The molecule has 0 radical (unpaired) electrons. The summed E-state index contributed by atoms with van der Waals surface area (Å²) >= 11 is 0. The van der Waals surface area contributed by atoms with Crippen molar-refractivity contribution in [1.29, 1.82) is 0 Å². The predicted octanol–water partition coefficient (Wildman–Crippen LogP) is 2.57. The summed E-state index contributed by atoms with van der Waals surface area (Å²) in [5.74, 6) is 0.0224. The number of amides is 1. The number of benzene rings is 2. The number of nitrogens with one attached hydrogen (secondary N) is 2. The number of carbonyl (C=O) groups is 1. The highest BCUT2D eigenvalue weighted by Crippen LogP contribution is 2.28. The number of ether oxygens (including phenoxy) is 1. The highest BCUT2D eigenvalue weighted by Gasteiger charge is 2.19. The van der Waals surface area contributed by atoms with Crippen LogP contribution < -0.4 is 15.5 Å². The lowest BCUT2D eigenvalue weighted by atomic mass is 10.1. The first-order valence-corrected chi connectivity index (χ1v) is 9.31. The van der Waals surface area contributed by atoms with E-state index in [0.29, 0.717) is 13.0 Å². The maximum Gasteiger partial charge on any atom is 0.226 e. The predicted molar refractivity (Wildman–Crippen MR) is 103 cm³/mol. The normalized spacial score (nSPS) is 19.2. The van der Waals surface area contributed by atoms with Crippen molar-refractivity contribution in [3.8, 4) is 0 Å². The standard InChI is InChI=1S/C21H25N3O2/c25-21(13-19-15-26-12-10-22-19)23-18-7-5-16(6-8-18)14-24-11-9-17-3-1-2-4-20(17)24/h1-8,19,22H,9-15H2,(H,23,25). The molecule has 2 aromatic rings. The highest BCUT2D eigenvalue weighted by molar-refractivity contribution is 5.91. The Hall–Kier alpha value is -2.37. The quantitative estimate of drug-likeness (QED) is 0.869. The van der Waals surface area contributed by atoms with Gasteiger partial charge in [-0.1, -0.05) is 30.3 Å². The maximum absolute atomic E-state index is 12.2. The van der Waals surface area contributed by atoms with Crippen LogP contribution in [0.4, 0.5) is 11.4 Å². The number of nitrogens with zero attached hydrogens (tertiary/aromatic N) is 1. The minimum Gasteiger partial charge on any atom is -0.378 e. The van der Waals surface area contributed by atoms with Crippen LogP contribution >= 0.6 is 0 Å². The van der Waals surface area contributed by atoms with Crippen molar-refractivity contribution < 1.29 is 9.53 Å². The van der Waals surface area contributed by atoms with Gasteiger partial charge in [-0.25, -0.2) is 0 Å². The van der Waals surface area contributed by atoms with E-state index in [-0.39, 0.29) is 11.9 Å². The minimum absolute atomic E-state index is 0.0224. The number of anilines is 2. The van der Waals surface area contributed by atoms with E-state index in [1.54, 1.807) is 0 Å². The van der Waals surface area contributed by atoms with E-state index in [4.69, 9.17) is 4.74 Å². The third kappa shape index (κ3) is 4.06. The molecule has 1 fully saturated rings. The summed E-state index contributed by atoms with van der Waals surface area (Å²) in [5.41, 5.74) is 4.86.